The molecule has 0 radical (unpaired) electrons. The number of amides is 2. The van der Waals surface area contributed by atoms with Gasteiger partial charge in [-0.15, -0.1) is 11.8 Å². The number of hydrogen-bond donors (Lipinski definition) is 0. The molecule has 144 valence electrons. The van der Waals surface area contributed by atoms with Crippen LogP contribution >= 0.6 is 11.8 Å². The molecule has 1 heterocycles. The molecule has 6 heteroatoms. The van der Waals surface area contributed by atoms with Crippen LogP contribution in [0.1, 0.15) is 27.7 Å². The SMILES string of the molecule is CCN(CC)CCN(CC(C)C)C(=O)CN1C(=O)CSc2ccccc21. The molecular weight excluding hydrogens is 346 g/mol. The second-order valence-corrected chi connectivity index (χ2v) is 8.01. The molecule has 0 unspecified atom stereocenters. The molecule has 0 spiro atoms. The van der Waals surface area contributed by atoms with Crippen molar-refractivity contribution in [3.8, 4) is 0 Å². The molecule has 0 aromatic heterocycles. The summed E-state index contributed by atoms with van der Waals surface area (Å²) < 4.78 is 0. The molecule has 1 aliphatic heterocycles. The molecule has 0 N–H and O–H groups in total. The first-order chi connectivity index (χ1) is 12.5. The smallest absolute Gasteiger partial charge is 0.242 e. The molecule has 2 rings (SSSR count). The lowest BCUT2D eigenvalue weighted by Gasteiger charge is -2.32. The molecule has 0 saturated heterocycles. The maximum atomic E-state index is 13.0. The van der Waals surface area contributed by atoms with Gasteiger partial charge in [0.05, 0.1) is 11.4 Å². The summed E-state index contributed by atoms with van der Waals surface area (Å²) in [6.07, 6.45) is 0. The molecule has 26 heavy (non-hydrogen) atoms. The van der Waals surface area contributed by atoms with Crippen LogP contribution in [0.3, 0.4) is 0 Å². The highest BCUT2D eigenvalue weighted by Gasteiger charge is 2.28. The molecular formula is C20H31N3O2S. The van der Waals surface area contributed by atoms with Gasteiger partial charge >= 0.3 is 0 Å². The van der Waals surface area contributed by atoms with Crippen LogP contribution in [0.15, 0.2) is 29.2 Å². The van der Waals surface area contributed by atoms with E-state index in [-0.39, 0.29) is 18.4 Å². The predicted molar refractivity (Wildman–Crippen MR) is 109 cm³/mol. The van der Waals surface area contributed by atoms with Crippen molar-refractivity contribution in [2.75, 3.05) is 49.9 Å². The Morgan fingerprint density at radius 3 is 2.54 bits per heavy atom. The fourth-order valence-electron chi connectivity index (χ4n) is 3.12. The zero-order valence-corrected chi connectivity index (χ0v) is 17.2. The van der Waals surface area contributed by atoms with Gasteiger partial charge in [-0.05, 0) is 31.1 Å². The minimum atomic E-state index is 0.00953. The molecule has 0 fully saturated rings. The molecule has 0 bridgehead atoms. The third-order valence-electron chi connectivity index (χ3n) is 4.62. The predicted octanol–water partition coefficient (Wildman–Crippen LogP) is 2.95. The zero-order valence-electron chi connectivity index (χ0n) is 16.4. The van der Waals surface area contributed by atoms with E-state index in [9.17, 15) is 9.59 Å². The number of fused-ring (bicyclic) bond motifs is 1. The van der Waals surface area contributed by atoms with Crippen molar-refractivity contribution < 1.29 is 9.59 Å². The van der Waals surface area contributed by atoms with Gasteiger partial charge in [-0.25, -0.2) is 0 Å². The van der Waals surface area contributed by atoms with E-state index >= 15 is 0 Å². The lowest BCUT2D eigenvalue weighted by molar-refractivity contribution is -0.131. The highest BCUT2D eigenvalue weighted by atomic mass is 32.2. The second kappa shape index (κ2) is 9.97. The Bertz CT molecular complexity index is 617. The van der Waals surface area contributed by atoms with E-state index in [1.807, 2.05) is 29.2 Å². The molecule has 2 amide bonds. The molecule has 5 nitrogen and oxygen atoms in total. The summed E-state index contributed by atoms with van der Waals surface area (Å²) in [4.78, 5) is 32.4. The van der Waals surface area contributed by atoms with Crippen molar-refractivity contribution in [2.45, 2.75) is 32.6 Å². The van der Waals surface area contributed by atoms with Crippen molar-refractivity contribution in [1.29, 1.82) is 0 Å². The van der Waals surface area contributed by atoms with Crippen LogP contribution in [0.4, 0.5) is 5.69 Å². The van der Waals surface area contributed by atoms with E-state index in [1.54, 1.807) is 16.7 Å². The summed E-state index contributed by atoms with van der Waals surface area (Å²) in [5, 5.41) is 0. The van der Waals surface area contributed by atoms with Crippen LogP contribution in [-0.2, 0) is 9.59 Å². The highest BCUT2D eigenvalue weighted by Crippen LogP contribution is 2.34. The largest absolute Gasteiger partial charge is 0.340 e. The Labute approximate surface area is 161 Å². The maximum absolute atomic E-state index is 13.0. The summed E-state index contributed by atoms with van der Waals surface area (Å²) in [5.74, 6) is 0.834. The number of nitrogens with zero attached hydrogens (tertiary/aromatic N) is 3. The number of benzene rings is 1. The van der Waals surface area contributed by atoms with Crippen molar-refractivity contribution in [2.24, 2.45) is 5.92 Å². The fourth-order valence-corrected chi connectivity index (χ4v) is 4.06. The van der Waals surface area contributed by atoms with Gasteiger partial charge in [0.1, 0.15) is 6.54 Å². The number of para-hydroxylation sites is 1. The van der Waals surface area contributed by atoms with Crippen molar-refractivity contribution >= 4 is 29.3 Å². The summed E-state index contributed by atoms with van der Waals surface area (Å²) >= 11 is 1.54. The maximum Gasteiger partial charge on any atom is 0.242 e. The van der Waals surface area contributed by atoms with E-state index in [2.05, 4.69) is 32.6 Å². The standard InChI is InChI=1S/C20H31N3O2S/c1-5-21(6-2)11-12-22(13-16(3)4)19(24)14-23-17-9-7-8-10-18(17)26-15-20(23)25/h7-10,16H,5-6,11-15H2,1-4H3. The van der Waals surface area contributed by atoms with E-state index in [0.717, 1.165) is 36.8 Å². The summed E-state index contributed by atoms with van der Waals surface area (Å²) in [7, 11) is 0. The van der Waals surface area contributed by atoms with Crippen molar-refractivity contribution in [1.82, 2.24) is 9.80 Å². The summed E-state index contributed by atoms with van der Waals surface area (Å²) in [5.41, 5.74) is 0.857. The van der Waals surface area contributed by atoms with Gasteiger partial charge in [0.25, 0.3) is 0 Å². The van der Waals surface area contributed by atoms with Crippen LogP contribution in [0, 0.1) is 5.92 Å². The highest BCUT2D eigenvalue weighted by molar-refractivity contribution is 8.00. The van der Waals surface area contributed by atoms with Crippen LogP contribution < -0.4 is 4.90 Å². The monoisotopic (exact) mass is 377 g/mol. The third kappa shape index (κ3) is 5.48. The molecule has 1 aromatic carbocycles. The minimum absolute atomic E-state index is 0.00953. The lowest BCUT2D eigenvalue weighted by Crippen LogP contribution is -2.47. The Balaban J connectivity index is 2.09. The van der Waals surface area contributed by atoms with Crippen LogP contribution in [0.2, 0.25) is 0 Å². The summed E-state index contributed by atoms with van der Waals surface area (Å²) in [6, 6.07) is 7.82. The zero-order chi connectivity index (χ0) is 19.1. The first-order valence-corrected chi connectivity index (χ1v) is 10.5. The molecule has 0 saturated carbocycles. The summed E-state index contributed by atoms with van der Waals surface area (Å²) in [6.45, 7) is 12.9. The topological polar surface area (TPSA) is 43.9 Å². The van der Waals surface area contributed by atoms with Crippen LogP contribution in [-0.4, -0.2) is 66.6 Å². The number of thioether (sulfide) groups is 1. The van der Waals surface area contributed by atoms with Gasteiger partial charge in [0.15, 0.2) is 0 Å². The first-order valence-electron chi connectivity index (χ1n) is 9.48. The quantitative estimate of drug-likeness (QED) is 0.664. The lowest BCUT2D eigenvalue weighted by atomic mass is 10.2. The molecule has 1 aliphatic rings. The number of likely N-dealkylation sites (N-methyl/N-ethyl adjacent to an activating group) is 1. The van der Waals surface area contributed by atoms with Gasteiger partial charge in [0, 0.05) is 24.5 Å². The Hall–Kier alpha value is -1.53. The molecule has 1 aromatic rings. The van der Waals surface area contributed by atoms with Gasteiger partial charge < -0.3 is 14.7 Å². The normalized spacial score (nSPS) is 14.1. The van der Waals surface area contributed by atoms with Crippen LogP contribution in [0.25, 0.3) is 0 Å². The number of anilines is 1. The van der Waals surface area contributed by atoms with Gasteiger partial charge in [-0.1, -0.05) is 39.8 Å². The van der Waals surface area contributed by atoms with Crippen LogP contribution in [0.5, 0.6) is 0 Å². The minimum Gasteiger partial charge on any atom is -0.340 e. The average molecular weight is 378 g/mol. The molecule has 0 atom stereocenters. The van der Waals surface area contributed by atoms with Crippen molar-refractivity contribution in [3.05, 3.63) is 24.3 Å². The Morgan fingerprint density at radius 1 is 1.19 bits per heavy atom. The number of hydrogen-bond acceptors (Lipinski definition) is 4. The Morgan fingerprint density at radius 2 is 1.88 bits per heavy atom. The Kier molecular flexibility index (Phi) is 7.97. The van der Waals surface area contributed by atoms with Gasteiger partial charge in [-0.3, -0.25) is 9.59 Å². The fraction of sp³-hybridized carbons (Fsp3) is 0.600. The van der Waals surface area contributed by atoms with Gasteiger partial charge in [0.2, 0.25) is 11.8 Å². The van der Waals surface area contributed by atoms with E-state index in [4.69, 9.17) is 0 Å². The second-order valence-electron chi connectivity index (χ2n) is 7.00. The van der Waals surface area contributed by atoms with E-state index in [0.29, 0.717) is 18.2 Å². The van der Waals surface area contributed by atoms with E-state index < -0.39 is 0 Å². The van der Waals surface area contributed by atoms with Crippen molar-refractivity contribution in [3.63, 3.8) is 0 Å². The number of carbonyl (C=O) groups is 2. The van der Waals surface area contributed by atoms with E-state index in [1.165, 1.54) is 0 Å². The number of carbonyl (C=O) groups excluding carboxylic acids is 2. The van der Waals surface area contributed by atoms with Gasteiger partial charge in [-0.2, -0.15) is 0 Å². The third-order valence-corrected chi connectivity index (χ3v) is 5.67. The first kappa shape index (κ1) is 20.8. The molecule has 0 aliphatic carbocycles. The average Bonchev–Trinajstić information content (AvgIpc) is 2.63. The number of rotatable bonds is 9.